The van der Waals surface area contributed by atoms with Crippen LogP contribution < -0.4 is 5.73 Å². The summed E-state index contributed by atoms with van der Waals surface area (Å²) >= 11 is 3.18. The Bertz CT molecular complexity index is 347. The maximum absolute atomic E-state index is 11.7. The van der Waals surface area contributed by atoms with E-state index in [1.807, 2.05) is 13.8 Å². The van der Waals surface area contributed by atoms with Gasteiger partial charge in [0.2, 0.25) is 11.9 Å². The fourth-order valence-corrected chi connectivity index (χ4v) is 1.63. The third-order valence-electron chi connectivity index (χ3n) is 2.04. The molecule has 0 spiro atoms. The minimum Gasteiger partial charge on any atom is -0.366 e. The lowest BCUT2D eigenvalue weighted by Gasteiger charge is -2.18. The molecule has 7 heteroatoms. The van der Waals surface area contributed by atoms with Gasteiger partial charge in [0.15, 0.2) is 4.73 Å². The summed E-state index contributed by atoms with van der Waals surface area (Å²) in [6.07, 6.45) is 0. The molecule has 0 fully saturated rings. The van der Waals surface area contributed by atoms with E-state index in [1.54, 1.807) is 4.90 Å². The number of nitrogen functional groups attached to an aromatic ring is 1. The van der Waals surface area contributed by atoms with Crippen LogP contribution in [0.5, 0.6) is 0 Å². The van der Waals surface area contributed by atoms with Crippen molar-refractivity contribution in [1.82, 2.24) is 19.7 Å². The Hall–Kier alpha value is -1.11. The number of halogens is 1. The zero-order valence-corrected chi connectivity index (χ0v) is 10.4. The molecule has 0 radical (unpaired) electrons. The minimum atomic E-state index is 0.00519. The summed E-state index contributed by atoms with van der Waals surface area (Å²) in [7, 11) is 0. The Kier molecular flexibility index (Phi) is 4.07. The van der Waals surface area contributed by atoms with Gasteiger partial charge in [0.05, 0.1) is 0 Å². The quantitative estimate of drug-likeness (QED) is 0.868. The number of anilines is 1. The van der Waals surface area contributed by atoms with E-state index in [4.69, 9.17) is 5.73 Å². The molecular formula is C8H14BrN5O. The maximum atomic E-state index is 11.7. The number of hydrogen-bond acceptors (Lipinski definition) is 4. The van der Waals surface area contributed by atoms with Gasteiger partial charge < -0.3 is 10.6 Å². The molecule has 0 saturated heterocycles. The van der Waals surface area contributed by atoms with Gasteiger partial charge in [-0.3, -0.25) is 4.79 Å². The predicted molar refractivity (Wildman–Crippen MR) is 60.1 cm³/mol. The van der Waals surface area contributed by atoms with Crippen molar-refractivity contribution in [2.75, 3.05) is 18.8 Å². The van der Waals surface area contributed by atoms with Crippen molar-refractivity contribution in [2.45, 2.75) is 20.4 Å². The van der Waals surface area contributed by atoms with Crippen molar-refractivity contribution in [3.63, 3.8) is 0 Å². The first-order valence-electron chi connectivity index (χ1n) is 4.72. The Morgan fingerprint density at radius 3 is 2.53 bits per heavy atom. The first kappa shape index (κ1) is 12.0. The first-order valence-corrected chi connectivity index (χ1v) is 5.51. The second-order valence-electron chi connectivity index (χ2n) is 2.96. The molecule has 6 nitrogen and oxygen atoms in total. The molecule has 0 aliphatic carbocycles. The molecule has 1 amide bonds. The molecule has 0 aliphatic heterocycles. The van der Waals surface area contributed by atoms with Crippen LogP contribution in [-0.2, 0) is 11.3 Å². The standard InChI is InChI=1S/C8H14BrN5O/c1-3-13(4-2)6(15)5-14-7(9)11-8(10)12-14/h3-5H2,1-2H3,(H2,10,12). The Balaban J connectivity index is 2.69. The highest BCUT2D eigenvalue weighted by Crippen LogP contribution is 2.08. The molecule has 15 heavy (non-hydrogen) atoms. The summed E-state index contributed by atoms with van der Waals surface area (Å²) < 4.78 is 1.91. The number of carbonyl (C=O) groups is 1. The van der Waals surface area contributed by atoms with Gasteiger partial charge >= 0.3 is 0 Å². The molecule has 1 aromatic heterocycles. The summed E-state index contributed by atoms with van der Waals surface area (Å²) in [5, 5.41) is 3.89. The van der Waals surface area contributed by atoms with E-state index in [1.165, 1.54) is 4.68 Å². The van der Waals surface area contributed by atoms with E-state index in [-0.39, 0.29) is 18.4 Å². The van der Waals surface area contributed by atoms with Gasteiger partial charge in [0, 0.05) is 13.1 Å². The van der Waals surface area contributed by atoms with Crippen molar-refractivity contribution in [1.29, 1.82) is 0 Å². The van der Waals surface area contributed by atoms with Crippen molar-refractivity contribution in [3.05, 3.63) is 4.73 Å². The third-order valence-corrected chi connectivity index (χ3v) is 2.63. The molecule has 0 aliphatic rings. The molecule has 0 unspecified atom stereocenters. The van der Waals surface area contributed by atoms with Crippen molar-refractivity contribution < 1.29 is 4.79 Å². The van der Waals surface area contributed by atoms with E-state index >= 15 is 0 Å². The van der Waals surface area contributed by atoms with Crippen LogP contribution in [0.4, 0.5) is 5.95 Å². The smallest absolute Gasteiger partial charge is 0.244 e. The number of hydrogen-bond donors (Lipinski definition) is 1. The highest BCUT2D eigenvalue weighted by molar-refractivity contribution is 9.10. The number of nitrogens with zero attached hydrogens (tertiary/aromatic N) is 4. The summed E-state index contributed by atoms with van der Waals surface area (Å²) in [6, 6.07) is 0. The topological polar surface area (TPSA) is 77.0 Å². The van der Waals surface area contributed by atoms with Crippen LogP contribution in [0.15, 0.2) is 4.73 Å². The number of amides is 1. The van der Waals surface area contributed by atoms with Gasteiger partial charge in [-0.05, 0) is 29.8 Å². The van der Waals surface area contributed by atoms with E-state index in [0.29, 0.717) is 17.8 Å². The number of aromatic nitrogens is 3. The molecule has 1 aromatic rings. The second kappa shape index (κ2) is 5.11. The van der Waals surface area contributed by atoms with E-state index in [0.717, 1.165) is 0 Å². The van der Waals surface area contributed by atoms with Crippen LogP contribution >= 0.6 is 15.9 Å². The molecule has 2 N–H and O–H groups in total. The largest absolute Gasteiger partial charge is 0.366 e. The third kappa shape index (κ3) is 2.92. The second-order valence-corrected chi connectivity index (χ2v) is 3.67. The van der Waals surface area contributed by atoms with E-state index in [2.05, 4.69) is 26.0 Å². The highest BCUT2D eigenvalue weighted by atomic mass is 79.9. The average molecular weight is 276 g/mol. The van der Waals surface area contributed by atoms with Crippen LogP contribution in [0, 0.1) is 0 Å². The zero-order valence-electron chi connectivity index (χ0n) is 8.77. The number of rotatable bonds is 4. The van der Waals surface area contributed by atoms with Crippen LogP contribution in [0.3, 0.4) is 0 Å². The van der Waals surface area contributed by atoms with Gasteiger partial charge in [0.1, 0.15) is 6.54 Å². The summed E-state index contributed by atoms with van der Waals surface area (Å²) in [4.78, 5) is 17.3. The minimum absolute atomic E-state index is 0.00519. The van der Waals surface area contributed by atoms with Gasteiger partial charge in [-0.1, -0.05) is 0 Å². The summed E-state index contributed by atoms with van der Waals surface area (Å²) in [5.74, 6) is 0.167. The monoisotopic (exact) mass is 275 g/mol. The van der Waals surface area contributed by atoms with Crippen molar-refractivity contribution >= 4 is 27.8 Å². The molecule has 0 aromatic carbocycles. The Morgan fingerprint density at radius 2 is 2.13 bits per heavy atom. The van der Waals surface area contributed by atoms with Gasteiger partial charge in [-0.15, -0.1) is 5.10 Å². The predicted octanol–water partition coefficient (Wildman–Crippen LogP) is 0.491. The summed E-state index contributed by atoms with van der Waals surface area (Å²) in [5.41, 5.74) is 5.40. The van der Waals surface area contributed by atoms with Crippen molar-refractivity contribution in [3.8, 4) is 0 Å². The molecule has 1 rings (SSSR count). The Morgan fingerprint density at radius 1 is 1.53 bits per heavy atom. The van der Waals surface area contributed by atoms with Crippen LogP contribution in [0.25, 0.3) is 0 Å². The van der Waals surface area contributed by atoms with Crippen molar-refractivity contribution in [2.24, 2.45) is 0 Å². The first-order chi connectivity index (χ1) is 7.08. The van der Waals surface area contributed by atoms with Crippen LogP contribution in [-0.4, -0.2) is 38.7 Å². The molecular weight excluding hydrogens is 262 g/mol. The Labute approximate surface area is 96.6 Å². The fraction of sp³-hybridized carbons (Fsp3) is 0.625. The lowest BCUT2D eigenvalue weighted by molar-refractivity contribution is -0.131. The zero-order chi connectivity index (χ0) is 11.4. The van der Waals surface area contributed by atoms with Crippen LogP contribution in [0.2, 0.25) is 0 Å². The van der Waals surface area contributed by atoms with E-state index < -0.39 is 0 Å². The van der Waals surface area contributed by atoms with Gasteiger partial charge in [-0.25, -0.2) is 4.68 Å². The summed E-state index contributed by atoms with van der Waals surface area (Å²) in [6.45, 7) is 5.42. The lowest BCUT2D eigenvalue weighted by Crippen LogP contribution is -2.33. The maximum Gasteiger partial charge on any atom is 0.244 e. The molecule has 0 atom stereocenters. The number of carbonyl (C=O) groups excluding carboxylic acids is 1. The fourth-order valence-electron chi connectivity index (χ4n) is 1.24. The van der Waals surface area contributed by atoms with Gasteiger partial charge in [-0.2, -0.15) is 4.98 Å². The molecule has 0 saturated carbocycles. The van der Waals surface area contributed by atoms with Crippen LogP contribution in [0.1, 0.15) is 13.8 Å². The van der Waals surface area contributed by atoms with E-state index in [9.17, 15) is 4.79 Å². The average Bonchev–Trinajstić information content (AvgIpc) is 2.47. The highest BCUT2D eigenvalue weighted by Gasteiger charge is 2.13. The number of likely N-dealkylation sites (N-methyl/N-ethyl adjacent to an activating group) is 1. The molecule has 0 bridgehead atoms. The van der Waals surface area contributed by atoms with Gasteiger partial charge in [0.25, 0.3) is 0 Å². The molecule has 1 heterocycles. The normalized spacial score (nSPS) is 10.3. The number of nitrogens with two attached hydrogens (primary N) is 1. The lowest BCUT2D eigenvalue weighted by atomic mass is 10.4. The SMILES string of the molecule is CCN(CC)C(=O)Cn1nc(N)nc1Br. The molecule has 84 valence electrons.